The lowest BCUT2D eigenvalue weighted by atomic mass is 9.91. The summed E-state index contributed by atoms with van der Waals surface area (Å²) in [4.78, 5) is 12.7. The van der Waals surface area contributed by atoms with Gasteiger partial charge in [-0.05, 0) is 35.5 Å². The Morgan fingerprint density at radius 2 is 2.05 bits per heavy atom. The maximum absolute atomic E-state index is 12.1. The Labute approximate surface area is 125 Å². The number of hydrogen-bond acceptors (Lipinski definition) is 4. The van der Waals surface area contributed by atoms with Crippen molar-refractivity contribution >= 4 is 47.1 Å². The van der Waals surface area contributed by atoms with Gasteiger partial charge in [0.15, 0.2) is 9.74 Å². The minimum Gasteiger partial charge on any atom is -0.493 e. The molecule has 100 valence electrons. The first-order valence-corrected chi connectivity index (χ1v) is 7.22. The average molecular weight is 301 g/mol. The van der Waals surface area contributed by atoms with Gasteiger partial charge in [0.2, 0.25) is 5.88 Å². The Morgan fingerprint density at radius 1 is 1.30 bits per heavy atom. The van der Waals surface area contributed by atoms with Crippen molar-refractivity contribution in [2.24, 2.45) is 7.05 Å². The summed E-state index contributed by atoms with van der Waals surface area (Å²) in [6.45, 7) is 0. The summed E-state index contributed by atoms with van der Waals surface area (Å²) in [6.07, 6.45) is 5.07. The second-order valence-corrected chi connectivity index (χ2v) is 6.13. The molecule has 1 N–H and O–H groups in total. The lowest BCUT2D eigenvalue weighted by molar-refractivity contribution is -0.109. The Morgan fingerprint density at radius 3 is 2.75 bits per heavy atom. The van der Waals surface area contributed by atoms with Crippen LogP contribution in [0.1, 0.15) is 16.0 Å². The molecule has 2 aromatic rings. The number of allylic oxidation sites excluding steroid dienone is 2. The molecule has 1 heterocycles. The summed E-state index contributed by atoms with van der Waals surface area (Å²) in [7, 11) is 1.70. The Balaban J connectivity index is 2.20. The monoisotopic (exact) mass is 301 g/mol. The van der Waals surface area contributed by atoms with E-state index in [1.165, 1.54) is 15.9 Å². The first-order chi connectivity index (χ1) is 9.58. The van der Waals surface area contributed by atoms with Gasteiger partial charge in [-0.25, -0.2) is 0 Å². The molecule has 1 aromatic carbocycles. The second kappa shape index (κ2) is 4.85. The van der Waals surface area contributed by atoms with E-state index in [1.807, 2.05) is 30.3 Å². The molecule has 0 bridgehead atoms. The molecule has 20 heavy (non-hydrogen) atoms. The molecule has 0 aliphatic heterocycles. The van der Waals surface area contributed by atoms with E-state index in [2.05, 4.69) is 0 Å². The number of aromatic nitrogens is 1. The smallest absolute Gasteiger partial charge is 0.210 e. The molecule has 0 atom stereocenters. The van der Waals surface area contributed by atoms with E-state index >= 15 is 0 Å². The standard InChI is InChI=1S/C15H11NO2S2/c1-16-14(18)13(20-15(16)19)8-11-10-5-3-2-4-9(10)6-7-12(11)17/h2-8,18H,1H3. The fourth-order valence-electron chi connectivity index (χ4n) is 2.11. The second-order valence-electron chi connectivity index (χ2n) is 4.46. The lowest BCUT2D eigenvalue weighted by Gasteiger charge is -2.12. The fourth-order valence-corrected chi connectivity index (χ4v) is 3.28. The molecule has 0 fully saturated rings. The molecule has 1 aromatic heterocycles. The molecule has 0 unspecified atom stereocenters. The molecule has 0 saturated heterocycles. The summed E-state index contributed by atoms with van der Waals surface area (Å²) in [5.41, 5.74) is 2.45. The zero-order valence-electron chi connectivity index (χ0n) is 10.7. The number of fused-ring (bicyclic) bond motifs is 1. The summed E-state index contributed by atoms with van der Waals surface area (Å²) in [6, 6.07) is 7.69. The van der Waals surface area contributed by atoms with Crippen LogP contribution in [0.2, 0.25) is 0 Å². The topological polar surface area (TPSA) is 42.2 Å². The highest BCUT2D eigenvalue weighted by molar-refractivity contribution is 7.73. The SMILES string of the molecule is Cn1c(O)c(C=C2C(=O)C=Cc3ccccc32)sc1=S. The predicted molar refractivity (Wildman–Crippen MR) is 84.1 cm³/mol. The van der Waals surface area contributed by atoms with E-state index in [4.69, 9.17) is 12.2 Å². The quantitative estimate of drug-likeness (QED) is 0.645. The molecular formula is C15H11NO2S2. The van der Waals surface area contributed by atoms with Crippen molar-refractivity contribution < 1.29 is 9.90 Å². The minimum absolute atomic E-state index is 0.0647. The van der Waals surface area contributed by atoms with Crippen LogP contribution in [0.15, 0.2) is 30.3 Å². The molecule has 0 amide bonds. The van der Waals surface area contributed by atoms with Gasteiger partial charge in [0.25, 0.3) is 0 Å². The van der Waals surface area contributed by atoms with E-state index in [0.717, 1.165) is 11.1 Å². The van der Waals surface area contributed by atoms with Crippen LogP contribution in [-0.2, 0) is 11.8 Å². The van der Waals surface area contributed by atoms with Crippen molar-refractivity contribution in [3.8, 4) is 5.88 Å². The van der Waals surface area contributed by atoms with Crippen molar-refractivity contribution in [2.75, 3.05) is 0 Å². The van der Waals surface area contributed by atoms with Gasteiger partial charge >= 0.3 is 0 Å². The molecule has 3 rings (SSSR count). The van der Waals surface area contributed by atoms with Gasteiger partial charge in [-0.15, -0.1) is 11.3 Å². The number of nitrogens with zero attached hydrogens (tertiary/aromatic N) is 1. The molecule has 0 radical (unpaired) electrons. The van der Waals surface area contributed by atoms with Gasteiger partial charge in [0.05, 0.1) is 4.88 Å². The lowest BCUT2D eigenvalue weighted by Crippen LogP contribution is -2.04. The minimum atomic E-state index is -0.0647. The number of carbonyl (C=O) groups excluding carboxylic acids is 1. The summed E-state index contributed by atoms with van der Waals surface area (Å²) >= 11 is 6.42. The molecule has 0 spiro atoms. The van der Waals surface area contributed by atoms with Gasteiger partial charge in [0, 0.05) is 12.6 Å². The zero-order chi connectivity index (χ0) is 14.3. The van der Waals surface area contributed by atoms with E-state index in [-0.39, 0.29) is 11.7 Å². The van der Waals surface area contributed by atoms with Crippen LogP contribution < -0.4 is 0 Å². The van der Waals surface area contributed by atoms with Crippen LogP contribution in [0.25, 0.3) is 17.7 Å². The van der Waals surface area contributed by atoms with Gasteiger partial charge < -0.3 is 5.11 Å². The van der Waals surface area contributed by atoms with Crippen LogP contribution in [0.5, 0.6) is 5.88 Å². The number of hydrogen-bond donors (Lipinski definition) is 1. The van der Waals surface area contributed by atoms with Crippen LogP contribution in [0.3, 0.4) is 0 Å². The largest absolute Gasteiger partial charge is 0.493 e. The Hall–Kier alpha value is -1.98. The van der Waals surface area contributed by atoms with Crippen molar-refractivity contribution in [2.45, 2.75) is 0 Å². The Bertz CT molecular complexity index is 825. The normalized spacial score (nSPS) is 15.7. The zero-order valence-corrected chi connectivity index (χ0v) is 12.3. The molecule has 5 heteroatoms. The van der Waals surface area contributed by atoms with E-state index < -0.39 is 0 Å². The molecule has 1 aliphatic carbocycles. The predicted octanol–water partition coefficient (Wildman–Crippen LogP) is 3.66. The van der Waals surface area contributed by atoms with Crippen molar-refractivity contribution in [3.05, 3.63) is 50.3 Å². The number of benzene rings is 1. The van der Waals surface area contributed by atoms with E-state index in [0.29, 0.717) is 14.4 Å². The molecular weight excluding hydrogens is 290 g/mol. The average Bonchev–Trinajstić information content (AvgIpc) is 2.69. The van der Waals surface area contributed by atoms with Crippen LogP contribution in [-0.4, -0.2) is 15.5 Å². The van der Waals surface area contributed by atoms with Gasteiger partial charge in [-0.3, -0.25) is 9.36 Å². The number of ketones is 1. The highest BCUT2D eigenvalue weighted by atomic mass is 32.1. The van der Waals surface area contributed by atoms with Crippen molar-refractivity contribution in [1.29, 1.82) is 0 Å². The maximum atomic E-state index is 12.1. The Kier molecular flexibility index (Phi) is 3.16. The van der Waals surface area contributed by atoms with E-state index in [1.54, 1.807) is 19.2 Å². The number of carbonyl (C=O) groups is 1. The van der Waals surface area contributed by atoms with Crippen LogP contribution in [0, 0.1) is 3.95 Å². The molecule has 1 aliphatic rings. The van der Waals surface area contributed by atoms with Crippen LogP contribution in [0.4, 0.5) is 0 Å². The summed E-state index contributed by atoms with van der Waals surface area (Å²) in [5.74, 6) is 0.0254. The van der Waals surface area contributed by atoms with Crippen molar-refractivity contribution in [1.82, 2.24) is 4.57 Å². The highest BCUT2D eigenvalue weighted by Crippen LogP contribution is 2.33. The van der Waals surface area contributed by atoms with Gasteiger partial charge in [0.1, 0.15) is 0 Å². The first kappa shape index (κ1) is 13.0. The van der Waals surface area contributed by atoms with Gasteiger partial charge in [-0.1, -0.05) is 30.3 Å². The third-order valence-corrected chi connectivity index (χ3v) is 4.71. The first-order valence-electron chi connectivity index (χ1n) is 6.00. The maximum Gasteiger partial charge on any atom is 0.210 e. The number of aromatic hydroxyl groups is 1. The fraction of sp³-hybridized carbons (Fsp3) is 0.0667. The van der Waals surface area contributed by atoms with E-state index in [9.17, 15) is 9.90 Å². The number of rotatable bonds is 1. The summed E-state index contributed by atoms with van der Waals surface area (Å²) in [5, 5.41) is 10.0. The highest BCUT2D eigenvalue weighted by Gasteiger charge is 2.18. The van der Waals surface area contributed by atoms with Gasteiger partial charge in [-0.2, -0.15) is 0 Å². The molecule has 0 saturated carbocycles. The number of thiazole rings is 1. The third-order valence-electron chi connectivity index (χ3n) is 3.22. The van der Waals surface area contributed by atoms with Crippen molar-refractivity contribution in [3.63, 3.8) is 0 Å². The third kappa shape index (κ3) is 2.05. The van der Waals surface area contributed by atoms with Crippen LogP contribution >= 0.6 is 23.6 Å². The molecule has 3 nitrogen and oxygen atoms in total. The summed E-state index contributed by atoms with van der Waals surface area (Å²) < 4.78 is 2.10.